The van der Waals surface area contributed by atoms with Crippen molar-refractivity contribution >= 4 is 23.7 Å². The maximum atomic E-state index is 13.1. The highest BCUT2D eigenvalue weighted by Crippen LogP contribution is 2.68. The number of amides is 3. The van der Waals surface area contributed by atoms with Crippen molar-refractivity contribution in [1.29, 1.82) is 0 Å². The van der Waals surface area contributed by atoms with Crippen LogP contribution in [0.3, 0.4) is 0 Å². The summed E-state index contributed by atoms with van der Waals surface area (Å²) in [6.07, 6.45) is 10.2. The van der Waals surface area contributed by atoms with E-state index in [9.17, 15) is 14.4 Å². The molecule has 1 aromatic heterocycles. The van der Waals surface area contributed by atoms with Gasteiger partial charge in [-0.1, -0.05) is 50.2 Å². The first-order valence-electron chi connectivity index (χ1n) is 16.9. The molecule has 2 saturated heterocycles. The Bertz CT molecular complexity index is 1670. The van der Waals surface area contributed by atoms with Gasteiger partial charge in [-0.05, 0) is 97.3 Å². The van der Waals surface area contributed by atoms with E-state index in [4.69, 9.17) is 0 Å². The summed E-state index contributed by atoms with van der Waals surface area (Å²) in [5.74, 6) is 0.923. The van der Waals surface area contributed by atoms with E-state index in [0.717, 1.165) is 63.3 Å². The molecule has 2 N–H and O–H groups in total. The molecule has 1 unspecified atom stereocenters. The molecule has 238 valence electrons. The number of nitrogens with zero attached hydrogens (tertiary/aromatic N) is 4. The molecule has 46 heavy (non-hydrogen) atoms. The molecule has 4 heterocycles. The minimum absolute atomic E-state index is 0.107. The number of benzene rings is 2. The van der Waals surface area contributed by atoms with E-state index in [2.05, 4.69) is 75.7 Å². The van der Waals surface area contributed by atoms with Crippen LogP contribution in [-0.2, 0) is 28.1 Å². The van der Waals surface area contributed by atoms with Gasteiger partial charge in [0.15, 0.2) is 0 Å². The lowest BCUT2D eigenvalue weighted by molar-refractivity contribution is -0.136. The largest absolute Gasteiger partial charge is 0.349 e. The first-order chi connectivity index (χ1) is 22.2. The summed E-state index contributed by atoms with van der Waals surface area (Å²) in [5.41, 5.74) is 7.42. The highest BCUT2D eigenvalue weighted by molar-refractivity contribution is 6.05. The van der Waals surface area contributed by atoms with Crippen molar-refractivity contribution in [3.63, 3.8) is 0 Å². The molecule has 1 atom stereocenters. The molecule has 0 radical (unpaired) electrons. The molecular weight excluding hydrogens is 576 g/mol. The van der Waals surface area contributed by atoms with Crippen LogP contribution < -0.4 is 10.6 Å². The van der Waals surface area contributed by atoms with E-state index >= 15 is 0 Å². The second kappa shape index (κ2) is 11.0. The van der Waals surface area contributed by atoms with E-state index < -0.39 is 6.04 Å². The van der Waals surface area contributed by atoms with Gasteiger partial charge in [-0.2, -0.15) is 0 Å². The molecule has 5 fully saturated rings. The zero-order chi connectivity index (χ0) is 31.6. The molecular formula is C37H42N6O3. The van der Waals surface area contributed by atoms with Gasteiger partial charge in [0.25, 0.3) is 5.91 Å². The van der Waals surface area contributed by atoms with Crippen molar-refractivity contribution < 1.29 is 14.4 Å². The Labute approximate surface area is 270 Å². The monoisotopic (exact) mass is 618 g/mol. The number of imide groups is 1. The van der Waals surface area contributed by atoms with Gasteiger partial charge >= 0.3 is 0 Å². The third-order valence-electron chi connectivity index (χ3n) is 11.3. The standard InChI is InChI=1S/C37H42N6O3/c1-23(2)28-16-38-35(39-17-28)41-37-20-36(21-37,22-37)29-6-3-24(4-7-29)18-42-13-11-25(12-14-42)26-5-8-30-27(15-26)19-43(34(30)46)31-9-10-32(44)40-33(31)45/h3-8,15-17,23,25,31H,9-14,18-22H2,1-2H3,(H,38,39,41)(H,40,44,45). The molecule has 2 bridgehead atoms. The molecule has 9 rings (SSSR count). The van der Waals surface area contributed by atoms with Gasteiger partial charge < -0.3 is 10.2 Å². The number of piperidine rings is 2. The summed E-state index contributed by atoms with van der Waals surface area (Å²) >= 11 is 0. The quantitative estimate of drug-likeness (QED) is 0.341. The maximum Gasteiger partial charge on any atom is 0.255 e. The average molecular weight is 619 g/mol. The van der Waals surface area contributed by atoms with Gasteiger partial charge in [-0.15, -0.1) is 0 Å². The zero-order valence-corrected chi connectivity index (χ0v) is 26.7. The molecule has 0 spiro atoms. The van der Waals surface area contributed by atoms with Crippen LogP contribution in [0.1, 0.15) is 109 Å². The molecule has 3 aliphatic carbocycles. The van der Waals surface area contributed by atoms with Crippen molar-refractivity contribution in [3.05, 3.63) is 88.2 Å². The summed E-state index contributed by atoms with van der Waals surface area (Å²) in [7, 11) is 0. The van der Waals surface area contributed by atoms with E-state index in [-0.39, 0.29) is 29.7 Å². The molecule has 3 aromatic rings. The van der Waals surface area contributed by atoms with Crippen LogP contribution in [-0.4, -0.2) is 62.2 Å². The highest BCUT2D eigenvalue weighted by Gasteiger charge is 2.68. The lowest BCUT2D eigenvalue weighted by atomic mass is 9.37. The fourth-order valence-electron chi connectivity index (χ4n) is 8.66. The van der Waals surface area contributed by atoms with E-state index in [1.165, 1.54) is 22.3 Å². The van der Waals surface area contributed by atoms with Crippen molar-refractivity contribution in [2.45, 2.75) is 101 Å². The number of hydrogen-bond donors (Lipinski definition) is 2. The predicted octanol–water partition coefficient (Wildman–Crippen LogP) is 5.03. The summed E-state index contributed by atoms with van der Waals surface area (Å²) in [6, 6.07) is 15.0. The summed E-state index contributed by atoms with van der Waals surface area (Å²) < 4.78 is 0. The molecule has 3 amide bonds. The Morgan fingerprint density at radius 2 is 1.67 bits per heavy atom. The van der Waals surface area contributed by atoms with Crippen LogP contribution >= 0.6 is 0 Å². The minimum Gasteiger partial charge on any atom is -0.349 e. The number of hydrogen-bond acceptors (Lipinski definition) is 7. The molecule has 2 aromatic carbocycles. The van der Waals surface area contributed by atoms with Crippen LogP contribution in [0, 0.1) is 0 Å². The van der Waals surface area contributed by atoms with Crippen molar-refractivity contribution in [1.82, 2.24) is 25.1 Å². The Kier molecular flexibility index (Phi) is 7.01. The van der Waals surface area contributed by atoms with Gasteiger partial charge in [-0.25, -0.2) is 9.97 Å². The Balaban J connectivity index is 0.823. The topological polar surface area (TPSA) is 108 Å². The number of anilines is 1. The normalized spacial score (nSPS) is 27.7. The SMILES string of the molecule is CC(C)c1cnc(NC23CC(c4ccc(CN5CCC(c6ccc7c(c6)CN(C6CCC(=O)NC6=O)C7=O)CC5)cc4)(C2)C3)nc1. The number of carbonyl (C=O) groups is 3. The lowest BCUT2D eigenvalue weighted by Crippen LogP contribution is -2.73. The van der Waals surface area contributed by atoms with Crippen LogP contribution in [0.5, 0.6) is 0 Å². The predicted molar refractivity (Wildman–Crippen MR) is 174 cm³/mol. The summed E-state index contributed by atoms with van der Waals surface area (Å²) in [4.78, 5) is 50.3. The summed E-state index contributed by atoms with van der Waals surface area (Å²) in [5, 5.41) is 6.01. The molecule has 3 saturated carbocycles. The number of aromatic nitrogens is 2. The minimum atomic E-state index is -0.570. The molecule has 9 heteroatoms. The first kappa shape index (κ1) is 29.3. The second-order valence-corrected chi connectivity index (χ2v) is 14.8. The third kappa shape index (κ3) is 5.09. The molecule has 6 aliphatic rings. The van der Waals surface area contributed by atoms with Crippen molar-refractivity contribution in [2.75, 3.05) is 18.4 Å². The van der Waals surface area contributed by atoms with Crippen LogP contribution in [0.15, 0.2) is 54.9 Å². The number of nitrogens with one attached hydrogen (secondary N) is 2. The molecule has 9 nitrogen and oxygen atoms in total. The van der Waals surface area contributed by atoms with E-state index in [1.54, 1.807) is 4.90 Å². The van der Waals surface area contributed by atoms with Crippen LogP contribution in [0.2, 0.25) is 0 Å². The summed E-state index contributed by atoms with van der Waals surface area (Å²) in [6.45, 7) is 7.81. The fraction of sp³-hybridized carbons (Fsp3) is 0.486. The lowest BCUT2D eigenvalue weighted by Gasteiger charge is -2.71. The fourth-order valence-corrected chi connectivity index (χ4v) is 8.66. The number of carbonyl (C=O) groups excluding carboxylic acids is 3. The van der Waals surface area contributed by atoms with Gasteiger partial charge in [0.2, 0.25) is 17.8 Å². The Morgan fingerprint density at radius 1 is 0.957 bits per heavy atom. The van der Waals surface area contributed by atoms with E-state index in [1.807, 2.05) is 18.5 Å². The number of likely N-dealkylation sites (tertiary alicyclic amines) is 1. The first-order valence-corrected chi connectivity index (χ1v) is 16.9. The Morgan fingerprint density at radius 3 is 2.35 bits per heavy atom. The van der Waals surface area contributed by atoms with Gasteiger partial charge in [0.1, 0.15) is 6.04 Å². The van der Waals surface area contributed by atoms with Crippen LogP contribution in [0.4, 0.5) is 5.95 Å². The second-order valence-electron chi connectivity index (χ2n) is 14.8. The van der Waals surface area contributed by atoms with E-state index in [0.29, 0.717) is 35.8 Å². The van der Waals surface area contributed by atoms with Crippen molar-refractivity contribution in [2.24, 2.45) is 0 Å². The third-order valence-corrected chi connectivity index (χ3v) is 11.3. The average Bonchev–Trinajstić information content (AvgIpc) is 3.34. The highest BCUT2D eigenvalue weighted by atomic mass is 16.2. The van der Waals surface area contributed by atoms with Crippen LogP contribution in [0.25, 0.3) is 0 Å². The van der Waals surface area contributed by atoms with Crippen molar-refractivity contribution in [3.8, 4) is 0 Å². The maximum absolute atomic E-state index is 13.1. The zero-order valence-electron chi connectivity index (χ0n) is 26.7. The molecule has 3 aliphatic heterocycles. The Hall–Kier alpha value is -4.11. The number of fused-ring (bicyclic) bond motifs is 1. The van der Waals surface area contributed by atoms with Gasteiger partial charge in [-0.3, -0.25) is 24.6 Å². The van der Waals surface area contributed by atoms with Gasteiger partial charge in [0, 0.05) is 48.4 Å². The smallest absolute Gasteiger partial charge is 0.255 e. The van der Waals surface area contributed by atoms with Gasteiger partial charge in [0.05, 0.1) is 0 Å². The number of rotatable bonds is 8.